The molecule has 0 radical (unpaired) electrons. The van der Waals surface area contributed by atoms with Crippen LogP contribution in [-0.4, -0.2) is 23.4 Å². The zero-order valence-corrected chi connectivity index (χ0v) is 13.7. The smallest absolute Gasteiger partial charge is 0.253 e. The molecular formula is C15H19BrN2O2. The lowest BCUT2D eigenvalue weighted by molar-refractivity contribution is -0.137. The fourth-order valence-corrected chi connectivity index (χ4v) is 3.04. The van der Waals surface area contributed by atoms with Gasteiger partial charge in [0, 0.05) is 4.47 Å². The third-order valence-electron chi connectivity index (χ3n) is 3.93. The normalized spacial score (nSPS) is 26.6. The van der Waals surface area contributed by atoms with Crippen LogP contribution in [0.2, 0.25) is 0 Å². The van der Waals surface area contributed by atoms with Gasteiger partial charge in [-0.3, -0.25) is 14.5 Å². The van der Waals surface area contributed by atoms with Gasteiger partial charge >= 0.3 is 0 Å². The lowest BCUT2D eigenvalue weighted by atomic mass is 9.91. The monoisotopic (exact) mass is 338 g/mol. The quantitative estimate of drug-likeness (QED) is 0.901. The van der Waals surface area contributed by atoms with Crippen molar-refractivity contribution in [3.05, 3.63) is 28.2 Å². The lowest BCUT2D eigenvalue weighted by Crippen LogP contribution is -2.68. The maximum atomic E-state index is 12.8. The first-order valence-electron chi connectivity index (χ1n) is 6.72. The van der Waals surface area contributed by atoms with E-state index in [1.54, 1.807) is 18.7 Å². The second kappa shape index (κ2) is 5.20. The number of anilines is 1. The summed E-state index contributed by atoms with van der Waals surface area (Å²) < 4.78 is 0.825. The predicted molar refractivity (Wildman–Crippen MR) is 82.7 cm³/mol. The van der Waals surface area contributed by atoms with E-state index in [4.69, 9.17) is 0 Å². The highest BCUT2D eigenvalue weighted by atomic mass is 79.9. The Labute approximate surface area is 127 Å². The molecule has 2 amide bonds. The van der Waals surface area contributed by atoms with Gasteiger partial charge in [-0.05, 0) is 60.8 Å². The third kappa shape index (κ3) is 2.35. The van der Waals surface area contributed by atoms with Crippen LogP contribution in [0.3, 0.4) is 0 Å². The van der Waals surface area contributed by atoms with Crippen molar-refractivity contribution in [2.45, 2.75) is 45.7 Å². The molecule has 5 heteroatoms. The molecule has 20 heavy (non-hydrogen) atoms. The van der Waals surface area contributed by atoms with Crippen LogP contribution in [0, 0.1) is 6.92 Å². The summed E-state index contributed by atoms with van der Waals surface area (Å²) in [5.41, 5.74) is 0.997. The zero-order valence-electron chi connectivity index (χ0n) is 12.2. The number of nitrogens with zero attached hydrogens (tertiary/aromatic N) is 1. The second-order valence-corrected chi connectivity index (χ2v) is 6.34. The molecule has 1 aromatic rings. The first kappa shape index (κ1) is 15.0. The highest BCUT2D eigenvalue weighted by Crippen LogP contribution is 2.33. The maximum Gasteiger partial charge on any atom is 0.253 e. The molecule has 0 bridgehead atoms. The molecule has 108 valence electrons. The Morgan fingerprint density at radius 3 is 2.60 bits per heavy atom. The molecule has 1 saturated heterocycles. The van der Waals surface area contributed by atoms with Gasteiger partial charge in [0.05, 0.1) is 5.69 Å². The summed E-state index contributed by atoms with van der Waals surface area (Å²) in [7, 11) is 0. The second-order valence-electron chi connectivity index (χ2n) is 5.48. The molecule has 2 atom stereocenters. The fourth-order valence-electron chi connectivity index (χ4n) is 2.35. The first-order valence-corrected chi connectivity index (χ1v) is 7.51. The molecule has 1 aromatic carbocycles. The largest absolute Gasteiger partial charge is 0.340 e. The molecule has 0 saturated carbocycles. The first-order chi connectivity index (χ1) is 9.30. The van der Waals surface area contributed by atoms with E-state index in [1.807, 2.05) is 32.0 Å². The van der Waals surface area contributed by atoms with Gasteiger partial charge in [-0.2, -0.15) is 0 Å². The number of hydrogen-bond donors (Lipinski definition) is 1. The average Bonchev–Trinajstić information content (AvgIpc) is 2.39. The van der Waals surface area contributed by atoms with Gasteiger partial charge in [0.25, 0.3) is 5.91 Å². The molecule has 1 N–H and O–H groups in total. The number of amides is 2. The fraction of sp³-hybridized carbons (Fsp3) is 0.467. The number of benzene rings is 1. The Bertz CT molecular complexity index is 573. The average molecular weight is 339 g/mol. The Morgan fingerprint density at radius 2 is 2.05 bits per heavy atom. The van der Waals surface area contributed by atoms with Crippen LogP contribution in [0.5, 0.6) is 0 Å². The topological polar surface area (TPSA) is 49.4 Å². The van der Waals surface area contributed by atoms with Crippen LogP contribution in [0.1, 0.15) is 32.8 Å². The highest BCUT2D eigenvalue weighted by molar-refractivity contribution is 9.10. The molecule has 1 aliphatic rings. The van der Waals surface area contributed by atoms with E-state index in [1.165, 1.54) is 0 Å². The summed E-state index contributed by atoms with van der Waals surface area (Å²) in [6.45, 7) is 7.40. The molecule has 0 spiro atoms. The third-order valence-corrected chi connectivity index (χ3v) is 4.56. The standard InChI is InChI=1S/C15H19BrN2O2/c1-5-15(4)14(20)18(10(3)13(19)17-15)12-7-6-9(2)8-11(12)16/h6-8,10H,5H2,1-4H3,(H,17,19). The number of nitrogens with one attached hydrogen (secondary N) is 1. The molecule has 1 fully saturated rings. The summed E-state index contributed by atoms with van der Waals surface area (Å²) >= 11 is 3.49. The van der Waals surface area contributed by atoms with Crippen LogP contribution in [0.4, 0.5) is 5.69 Å². The van der Waals surface area contributed by atoms with E-state index in [0.29, 0.717) is 6.42 Å². The van der Waals surface area contributed by atoms with Crippen molar-refractivity contribution in [3.8, 4) is 0 Å². The molecule has 2 unspecified atom stereocenters. The maximum absolute atomic E-state index is 12.8. The minimum Gasteiger partial charge on any atom is -0.340 e. The molecule has 0 aromatic heterocycles. The van der Waals surface area contributed by atoms with E-state index < -0.39 is 11.6 Å². The highest BCUT2D eigenvalue weighted by Gasteiger charge is 2.46. The molecule has 1 heterocycles. The number of halogens is 1. The van der Waals surface area contributed by atoms with Crippen LogP contribution in [0.25, 0.3) is 0 Å². The summed E-state index contributed by atoms with van der Waals surface area (Å²) in [5, 5.41) is 2.83. The minimum absolute atomic E-state index is 0.0725. The minimum atomic E-state index is -0.839. The van der Waals surface area contributed by atoms with E-state index in [2.05, 4.69) is 21.2 Å². The Kier molecular flexibility index (Phi) is 3.91. The van der Waals surface area contributed by atoms with Crippen molar-refractivity contribution in [3.63, 3.8) is 0 Å². The van der Waals surface area contributed by atoms with E-state index in [9.17, 15) is 9.59 Å². The van der Waals surface area contributed by atoms with Crippen molar-refractivity contribution in [1.82, 2.24) is 5.32 Å². The van der Waals surface area contributed by atoms with Gasteiger partial charge in [-0.1, -0.05) is 13.0 Å². The van der Waals surface area contributed by atoms with Crippen molar-refractivity contribution < 1.29 is 9.59 Å². The Morgan fingerprint density at radius 1 is 1.40 bits per heavy atom. The number of piperazine rings is 1. The summed E-state index contributed by atoms with van der Waals surface area (Å²) in [6, 6.07) is 5.25. The number of carbonyl (C=O) groups excluding carboxylic acids is 2. The van der Waals surface area contributed by atoms with Gasteiger partial charge in [0.1, 0.15) is 11.6 Å². The predicted octanol–water partition coefficient (Wildman–Crippen LogP) is 2.78. The zero-order chi connectivity index (χ0) is 15.1. The van der Waals surface area contributed by atoms with Crippen molar-refractivity contribution in [1.29, 1.82) is 0 Å². The SMILES string of the molecule is CCC1(C)NC(=O)C(C)N(c2ccc(C)cc2Br)C1=O. The van der Waals surface area contributed by atoms with Crippen molar-refractivity contribution >= 4 is 33.4 Å². The summed E-state index contributed by atoms with van der Waals surface area (Å²) in [4.78, 5) is 26.5. The van der Waals surface area contributed by atoms with Gasteiger partial charge in [-0.15, -0.1) is 0 Å². The molecular weight excluding hydrogens is 320 g/mol. The van der Waals surface area contributed by atoms with Gasteiger partial charge in [-0.25, -0.2) is 0 Å². The summed E-state index contributed by atoms with van der Waals surface area (Å²) in [5.74, 6) is -0.196. The van der Waals surface area contributed by atoms with Crippen LogP contribution in [-0.2, 0) is 9.59 Å². The van der Waals surface area contributed by atoms with E-state index in [-0.39, 0.29) is 11.8 Å². The molecule has 2 rings (SSSR count). The van der Waals surface area contributed by atoms with Crippen LogP contribution in [0.15, 0.2) is 22.7 Å². The van der Waals surface area contributed by atoms with E-state index in [0.717, 1.165) is 15.7 Å². The van der Waals surface area contributed by atoms with Gasteiger partial charge in [0.2, 0.25) is 5.91 Å². The van der Waals surface area contributed by atoms with Crippen molar-refractivity contribution in [2.24, 2.45) is 0 Å². The Balaban J connectivity index is 2.51. The molecule has 0 aliphatic carbocycles. The molecule has 4 nitrogen and oxygen atoms in total. The lowest BCUT2D eigenvalue weighted by Gasteiger charge is -2.43. The number of rotatable bonds is 2. The number of carbonyl (C=O) groups is 2. The van der Waals surface area contributed by atoms with E-state index >= 15 is 0 Å². The number of aryl methyl sites for hydroxylation is 1. The summed E-state index contributed by atoms with van der Waals surface area (Å²) in [6.07, 6.45) is 0.560. The molecule has 1 aliphatic heterocycles. The van der Waals surface area contributed by atoms with Crippen molar-refractivity contribution in [2.75, 3.05) is 4.90 Å². The van der Waals surface area contributed by atoms with Gasteiger partial charge in [0.15, 0.2) is 0 Å². The van der Waals surface area contributed by atoms with Crippen LogP contribution >= 0.6 is 15.9 Å². The Hall–Kier alpha value is -1.36. The van der Waals surface area contributed by atoms with Crippen LogP contribution < -0.4 is 10.2 Å². The van der Waals surface area contributed by atoms with Gasteiger partial charge < -0.3 is 5.32 Å². The number of hydrogen-bond acceptors (Lipinski definition) is 2.